The molecule has 4 rings (SSSR count). The summed E-state index contributed by atoms with van der Waals surface area (Å²) in [7, 11) is 0. The Morgan fingerprint density at radius 1 is 1.19 bits per heavy atom. The predicted octanol–water partition coefficient (Wildman–Crippen LogP) is 1.60. The maximum atomic E-state index is 13.5. The second-order valence-electron chi connectivity index (χ2n) is 7.57. The molecule has 1 N–H and O–H groups in total. The van der Waals surface area contributed by atoms with Crippen molar-refractivity contribution >= 4 is 11.8 Å². The fraction of sp³-hybridized carbons (Fsp3) is 0.600. The van der Waals surface area contributed by atoms with Crippen molar-refractivity contribution in [2.45, 2.75) is 31.4 Å². The molecule has 0 bridgehead atoms. The van der Waals surface area contributed by atoms with Gasteiger partial charge in [0.25, 0.3) is 5.91 Å². The first kappa shape index (κ1) is 18.4. The Balaban J connectivity index is 1.42. The van der Waals surface area contributed by atoms with Gasteiger partial charge in [0.15, 0.2) is 0 Å². The molecule has 1 aromatic carbocycles. The van der Waals surface area contributed by atoms with Gasteiger partial charge in [0.05, 0.1) is 18.1 Å². The molecule has 6 nitrogen and oxygen atoms in total. The van der Waals surface area contributed by atoms with E-state index < -0.39 is 5.82 Å². The summed E-state index contributed by atoms with van der Waals surface area (Å²) in [6.45, 7) is 2.96. The van der Waals surface area contributed by atoms with Gasteiger partial charge in [0.2, 0.25) is 5.91 Å². The first-order valence-electron chi connectivity index (χ1n) is 9.67. The number of carbonyl (C=O) groups excluding carboxylic acids is 2. The highest BCUT2D eigenvalue weighted by atomic mass is 19.1. The van der Waals surface area contributed by atoms with E-state index in [0.29, 0.717) is 37.6 Å². The fourth-order valence-electron chi connectivity index (χ4n) is 4.35. The van der Waals surface area contributed by atoms with Crippen molar-refractivity contribution in [3.05, 3.63) is 35.6 Å². The minimum absolute atomic E-state index is 0.0621. The standard InChI is InChI=1S/C20H25FN2O4/c21-15-3-1-2-14(10-15)20(25)23-12-16(18-17(23)6-9-27-18)19(24)22-11-13-4-7-26-8-5-13/h1-3,10,13,16-18H,4-9,11-12H2,(H,22,24)/t16-,17-,18-/m1/s1. The van der Waals surface area contributed by atoms with E-state index >= 15 is 0 Å². The number of amides is 2. The largest absolute Gasteiger partial charge is 0.381 e. The zero-order valence-corrected chi connectivity index (χ0v) is 15.2. The summed E-state index contributed by atoms with van der Waals surface area (Å²) >= 11 is 0. The Labute approximate surface area is 158 Å². The molecule has 0 saturated carbocycles. The number of benzene rings is 1. The number of likely N-dealkylation sites (tertiary alicyclic amines) is 1. The number of fused-ring (bicyclic) bond motifs is 1. The molecule has 0 spiro atoms. The highest BCUT2D eigenvalue weighted by Crippen LogP contribution is 2.34. The highest BCUT2D eigenvalue weighted by molar-refractivity contribution is 5.95. The van der Waals surface area contributed by atoms with Gasteiger partial charge in [-0.1, -0.05) is 6.07 Å². The van der Waals surface area contributed by atoms with Gasteiger partial charge in [-0.15, -0.1) is 0 Å². The molecular formula is C20H25FN2O4. The van der Waals surface area contributed by atoms with Crippen molar-refractivity contribution < 1.29 is 23.5 Å². The Morgan fingerprint density at radius 3 is 2.78 bits per heavy atom. The molecule has 3 aliphatic heterocycles. The van der Waals surface area contributed by atoms with E-state index in [2.05, 4.69) is 5.32 Å². The number of hydrogen-bond acceptors (Lipinski definition) is 4. The zero-order valence-electron chi connectivity index (χ0n) is 15.2. The van der Waals surface area contributed by atoms with Crippen molar-refractivity contribution in [1.82, 2.24) is 10.2 Å². The molecule has 3 heterocycles. The minimum atomic E-state index is -0.440. The lowest BCUT2D eigenvalue weighted by Crippen LogP contribution is -2.40. The van der Waals surface area contributed by atoms with Crippen LogP contribution >= 0.6 is 0 Å². The summed E-state index contributed by atoms with van der Waals surface area (Å²) in [6.07, 6.45) is 2.34. The smallest absolute Gasteiger partial charge is 0.254 e. The van der Waals surface area contributed by atoms with E-state index in [1.54, 1.807) is 11.0 Å². The van der Waals surface area contributed by atoms with Crippen molar-refractivity contribution in [3.8, 4) is 0 Å². The summed E-state index contributed by atoms with van der Waals surface area (Å²) in [5.74, 6) is -0.683. The predicted molar refractivity (Wildman–Crippen MR) is 95.6 cm³/mol. The average molecular weight is 376 g/mol. The topological polar surface area (TPSA) is 67.9 Å². The number of rotatable bonds is 4. The molecule has 3 atom stereocenters. The molecule has 0 unspecified atom stereocenters. The SMILES string of the molecule is O=C(NCC1CCOCC1)[C@@H]1CN(C(=O)c2cccc(F)c2)[C@@H]2CCO[C@@H]21. The molecule has 2 amide bonds. The van der Waals surface area contributed by atoms with Crippen LogP contribution in [0.1, 0.15) is 29.6 Å². The van der Waals surface area contributed by atoms with Crippen LogP contribution in [-0.4, -0.2) is 61.8 Å². The van der Waals surface area contributed by atoms with Crippen LogP contribution < -0.4 is 5.32 Å². The summed E-state index contributed by atoms with van der Waals surface area (Å²) in [4.78, 5) is 27.3. The third-order valence-electron chi connectivity index (χ3n) is 5.87. The van der Waals surface area contributed by atoms with Crippen LogP contribution in [-0.2, 0) is 14.3 Å². The average Bonchev–Trinajstić information content (AvgIpc) is 3.29. The van der Waals surface area contributed by atoms with Crippen molar-refractivity contribution in [2.75, 3.05) is 32.9 Å². The molecule has 3 aliphatic rings. The monoisotopic (exact) mass is 376 g/mol. The van der Waals surface area contributed by atoms with Crippen LogP contribution in [0.3, 0.4) is 0 Å². The lowest BCUT2D eigenvalue weighted by Gasteiger charge is -2.23. The van der Waals surface area contributed by atoms with Gasteiger partial charge in [0.1, 0.15) is 5.82 Å². The van der Waals surface area contributed by atoms with Gasteiger partial charge in [-0.25, -0.2) is 4.39 Å². The van der Waals surface area contributed by atoms with Gasteiger partial charge >= 0.3 is 0 Å². The van der Waals surface area contributed by atoms with Crippen LogP contribution in [0.4, 0.5) is 4.39 Å². The van der Waals surface area contributed by atoms with Crippen LogP contribution in [0.2, 0.25) is 0 Å². The minimum Gasteiger partial charge on any atom is -0.381 e. The Bertz CT molecular complexity index is 707. The molecule has 27 heavy (non-hydrogen) atoms. The summed E-state index contributed by atoms with van der Waals surface area (Å²) in [5, 5.41) is 3.04. The van der Waals surface area contributed by atoms with E-state index in [1.165, 1.54) is 18.2 Å². The number of nitrogens with zero attached hydrogens (tertiary/aromatic N) is 1. The second-order valence-corrected chi connectivity index (χ2v) is 7.57. The van der Waals surface area contributed by atoms with Gasteiger partial charge in [-0.2, -0.15) is 0 Å². The molecule has 3 fully saturated rings. The summed E-state index contributed by atoms with van der Waals surface area (Å²) in [5.41, 5.74) is 0.309. The van der Waals surface area contributed by atoms with Crippen LogP contribution in [0.5, 0.6) is 0 Å². The Hall–Kier alpha value is -1.99. The molecule has 0 radical (unpaired) electrons. The number of hydrogen-bond donors (Lipinski definition) is 1. The van der Waals surface area contributed by atoms with E-state index in [-0.39, 0.29) is 29.9 Å². The molecular weight excluding hydrogens is 351 g/mol. The van der Waals surface area contributed by atoms with Crippen molar-refractivity contribution in [1.29, 1.82) is 0 Å². The lowest BCUT2D eigenvalue weighted by atomic mass is 9.98. The number of carbonyl (C=O) groups is 2. The van der Waals surface area contributed by atoms with Gasteiger partial charge < -0.3 is 19.7 Å². The Morgan fingerprint density at radius 2 is 2.00 bits per heavy atom. The van der Waals surface area contributed by atoms with Gasteiger partial charge in [-0.05, 0) is 43.4 Å². The zero-order chi connectivity index (χ0) is 18.8. The van der Waals surface area contributed by atoms with E-state index in [0.717, 1.165) is 26.1 Å². The maximum absolute atomic E-state index is 13.5. The highest BCUT2D eigenvalue weighted by Gasteiger charge is 2.50. The molecule has 3 saturated heterocycles. The number of halogens is 1. The maximum Gasteiger partial charge on any atom is 0.254 e. The fourth-order valence-corrected chi connectivity index (χ4v) is 4.35. The molecule has 7 heteroatoms. The molecule has 0 aliphatic carbocycles. The first-order chi connectivity index (χ1) is 13.1. The van der Waals surface area contributed by atoms with E-state index in [4.69, 9.17) is 9.47 Å². The number of ether oxygens (including phenoxy) is 2. The lowest BCUT2D eigenvalue weighted by molar-refractivity contribution is -0.128. The first-order valence-corrected chi connectivity index (χ1v) is 9.67. The molecule has 146 valence electrons. The van der Waals surface area contributed by atoms with E-state index in [1.807, 2.05) is 0 Å². The van der Waals surface area contributed by atoms with Crippen molar-refractivity contribution in [2.24, 2.45) is 11.8 Å². The second kappa shape index (κ2) is 7.94. The van der Waals surface area contributed by atoms with Crippen LogP contribution in [0.15, 0.2) is 24.3 Å². The normalized spacial score (nSPS) is 28.2. The van der Waals surface area contributed by atoms with Crippen molar-refractivity contribution in [3.63, 3.8) is 0 Å². The number of nitrogens with one attached hydrogen (secondary N) is 1. The van der Waals surface area contributed by atoms with Gasteiger partial charge in [0, 0.05) is 38.5 Å². The van der Waals surface area contributed by atoms with Crippen LogP contribution in [0.25, 0.3) is 0 Å². The quantitative estimate of drug-likeness (QED) is 0.867. The summed E-state index contributed by atoms with van der Waals surface area (Å²) in [6, 6.07) is 5.56. The Kier molecular flexibility index (Phi) is 5.41. The molecule has 1 aromatic rings. The van der Waals surface area contributed by atoms with Crippen LogP contribution in [0, 0.1) is 17.7 Å². The van der Waals surface area contributed by atoms with E-state index in [9.17, 15) is 14.0 Å². The summed E-state index contributed by atoms with van der Waals surface area (Å²) < 4.78 is 24.6. The third-order valence-corrected chi connectivity index (χ3v) is 5.87. The molecule has 0 aromatic heterocycles. The third kappa shape index (κ3) is 3.84. The van der Waals surface area contributed by atoms with Gasteiger partial charge in [-0.3, -0.25) is 9.59 Å².